The maximum absolute atomic E-state index is 14.1. The normalized spacial score (nSPS) is 20.9. The van der Waals surface area contributed by atoms with E-state index in [1.165, 1.54) is 23.0 Å². The van der Waals surface area contributed by atoms with E-state index in [1.807, 2.05) is 6.07 Å². The van der Waals surface area contributed by atoms with Gasteiger partial charge >= 0.3 is 6.03 Å². The Morgan fingerprint density at radius 2 is 1.72 bits per heavy atom. The number of rotatable bonds is 11. The van der Waals surface area contributed by atoms with Crippen molar-refractivity contribution in [2.45, 2.75) is 63.1 Å². The molecule has 14 heteroatoms. The molecular formula is C29H39FN10O3. The minimum Gasteiger partial charge on any atom is -0.379 e. The van der Waals surface area contributed by atoms with Crippen LogP contribution in [0, 0.1) is 5.82 Å². The van der Waals surface area contributed by atoms with Crippen LogP contribution in [0.4, 0.5) is 26.4 Å². The Morgan fingerprint density at radius 1 is 0.977 bits per heavy atom. The van der Waals surface area contributed by atoms with E-state index >= 15 is 0 Å². The van der Waals surface area contributed by atoms with Crippen LogP contribution in [-0.2, 0) is 4.74 Å². The van der Waals surface area contributed by atoms with Gasteiger partial charge in [0.25, 0.3) is 5.91 Å². The summed E-state index contributed by atoms with van der Waals surface area (Å²) in [5, 5.41) is 20.4. The predicted molar refractivity (Wildman–Crippen MR) is 160 cm³/mol. The Hall–Kier alpha value is -4.04. The zero-order valence-corrected chi connectivity index (χ0v) is 24.1. The summed E-state index contributed by atoms with van der Waals surface area (Å²) in [5.41, 5.74) is 1.54. The first-order valence-electron chi connectivity index (χ1n) is 15.2. The highest BCUT2D eigenvalue weighted by molar-refractivity contribution is 6.03. The highest BCUT2D eigenvalue weighted by Crippen LogP contribution is 2.30. The van der Waals surface area contributed by atoms with E-state index in [9.17, 15) is 14.0 Å². The summed E-state index contributed by atoms with van der Waals surface area (Å²) in [7, 11) is 0. The van der Waals surface area contributed by atoms with E-state index in [0.29, 0.717) is 24.1 Å². The molecular weight excluding hydrogens is 555 g/mol. The number of fused-ring (bicyclic) bond motifs is 1. The van der Waals surface area contributed by atoms with Gasteiger partial charge in [0, 0.05) is 50.0 Å². The molecule has 1 saturated heterocycles. The number of nitrogens with one attached hydrogen (secondary N) is 5. The number of nitrogens with zero attached hydrogens (tertiary/aromatic N) is 5. The van der Waals surface area contributed by atoms with Crippen LogP contribution in [0.15, 0.2) is 30.7 Å². The van der Waals surface area contributed by atoms with Crippen molar-refractivity contribution in [1.82, 2.24) is 35.1 Å². The van der Waals surface area contributed by atoms with Crippen molar-refractivity contribution in [2.75, 3.05) is 55.3 Å². The topological polar surface area (TPSA) is 150 Å². The highest BCUT2D eigenvalue weighted by Gasteiger charge is 2.26. The van der Waals surface area contributed by atoms with Gasteiger partial charge in [0.15, 0.2) is 17.2 Å². The fraction of sp³-hybridized carbons (Fsp3) is 0.552. The summed E-state index contributed by atoms with van der Waals surface area (Å²) >= 11 is 0. The number of morpholine rings is 1. The Morgan fingerprint density at radius 3 is 2.49 bits per heavy atom. The van der Waals surface area contributed by atoms with Crippen LogP contribution in [0.25, 0.3) is 5.65 Å². The molecule has 0 unspecified atom stereocenters. The number of hydrogen-bond acceptors (Lipinski definition) is 9. The van der Waals surface area contributed by atoms with Gasteiger partial charge in [-0.05, 0) is 57.6 Å². The number of aromatic nitrogens is 4. The van der Waals surface area contributed by atoms with Crippen molar-refractivity contribution >= 4 is 34.8 Å². The molecule has 0 spiro atoms. The van der Waals surface area contributed by atoms with E-state index in [4.69, 9.17) is 9.84 Å². The lowest BCUT2D eigenvalue weighted by atomic mass is 9.91. The van der Waals surface area contributed by atoms with Gasteiger partial charge in [-0.3, -0.25) is 14.7 Å². The zero-order chi connectivity index (χ0) is 29.6. The zero-order valence-electron chi connectivity index (χ0n) is 24.1. The smallest absolute Gasteiger partial charge is 0.315 e. The summed E-state index contributed by atoms with van der Waals surface area (Å²) in [6.45, 7) is 5.09. The molecule has 0 bridgehead atoms. The Kier molecular flexibility index (Phi) is 9.13. The molecule has 5 N–H and O–H groups in total. The van der Waals surface area contributed by atoms with Gasteiger partial charge in [-0.2, -0.15) is 0 Å². The maximum atomic E-state index is 14.1. The average Bonchev–Trinajstić information content (AvgIpc) is 3.73. The number of amides is 3. The fourth-order valence-corrected chi connectivity index (χ4v) is 5.57. The summed E-state index contributed by atoms with van der Waals surface area (Å²) in [4.78, 5) is 36.1. The molecule has 3 aliphatic rings. The quantitative estimate of drug-likeness (QED) is 0.211. The second-order valence-electron chi connectivity index (χ2n) is 11.5. The van der Waals surface area contributed by atoms with Crippen LogP contribution in [0.3, 0.4) is 0 Å². The van der Waals surface area contributed by atoms with Crippen molar-refractivity contribution in [3.63, 3.8) is 0 Å². The van der Waals surface area contributed by atoms with Gasteiger partial charge in [-0.15, -0.1) is 5.10 Å². The summed E-state index contributed by atoms with van der Waals surface area (Å²) < 4.78 is 21.0. The van der Waals surface area contributed by atoms with Gasteiger partial charge in [0.2, 0.25) is 0 Å². The third-order valence-corrected chi connectivity index (χ3v) is 8.11. The van der Waals surface area contributed by atoms with Crippen molar-refractivity contribution in [3.05, 3.63) is 42.2 Å². The third kappa shape index (κ3) is 7.68. The number of carbonyl (C=O) groups excluding carboxylic acids is 2. The largest absolute Gasteiger partial charge is 0.379 e. The van der Waals surface area contributed by atoms with E-state index in [0.717, 1.165) is 89.7 Å². The van der Waals surface area contributed by atoms with E-state index in [-0.39, 0.29) is 29.5 Å². The molecule has 2 saturated carbocycles. The van der Waals surface area contributed by atoms with Crippen LogP contribution < -0.4 is 26.6 Å². The lowest BCUT2D eigenvalue weighted by Crippen LogP contribution is -2.45. The van der Waals surface area contributed by atoms with Crippen molar-refractivity contribution in [1.29, 1.82) is 0 Å². The average molecular weight is 595 g/mol. The summed E-state index contributed by atoms with van der Waals surface area (Å²) in [5.74, 6) is -0.528. The fourth-order valence-electron chi connectivity index (χ4n) is 5.57. The van der Waals surface area contributed by atoms with Crippen LogP contribution in [0.1, 0.15) is 55.4 Å². The molecule has 0 aromatic carbocycles. The molecule has 230 valence electrons. The van der Waals surface area contributed by atoms with Crippen LogP contribution in [0.5, 0.6) is 0 Å². The van der Waals surface area contributed by atoms with E-state index in [2.05, 4.69) is 41.5 Å². The van der Waals surface area contributed by atoms with Gasteiger partial charge in [0.05, 0.1) is 37.0 Å². The van der Waals surface area contributed by atoms with Crippen LogP contribution >= 0.6 is 0 Å². The molecule has 0 radical (unpaired) electrons. The molecule has 4 heterocycles. The van der Waals surface area contributed by atoms with Crippen molar-refractivity contribution in [2.24, 2.45) is 0 Å². The number of halogens is 1. The van der Waals surface area contributed by atoms with Gasteiger partial charge < -0.3 is 31.3 Å². The van der Waals surface area contributed by atoms with Crippen molar-refractivity contribution < 1.29 is 18.7 Å². The Balaban J connectivity index is 1.03. The van der Waals surface area contributed by atoms with Gasteiger partial charge in [0.1, 0.15) is 5.82 Å². The lowest BCUT2D eigenvalue weighted by Gasteiger charge is -2.30. The number of hydrogen-bond donors (Lipinski definition) is 5. The molecule has 3 amide bonds. The second-order valence-corrected chi connectivity index (χ2v) is 11.5. The molecule has 6 rings (SSSR count). The first-order chi connectivity index (χ1) is 21.0. The monoisotopic (exact) mass is 594 g/mol. The maximum Gasteiger partial charge on any atom is 0.315 e. The molecule has 3 aromatic rings. The van der Waals surface area contributed by atoms with Gasteiger partial charge in [-0.25, -0.2) is 18.7 Å². The number of imidazole rings is 1. The predicted octanol–water partition coefficient (Wildman–Crippen LogP) is 2.83. The number of pyridine rings is 1. The SMILES string of the molecule is O=C(NCCCN1CCOCC1)NC1CCC(Nc2cc(NC3CC3)c3ncc(C(=O)Nc4ccncc4F)n3n2)CC1. The number of anilines is 3. The van der Waals surface area contributed by atoms with E-state index < -0.39 is 11.7 Å². The van der Waals surface area contributed by atoms with E-state index in [1.54, 1.807) is 0 Å². The standard InChI is InChI=1S/C29H39FN10O3/c30-22-17-31-10-8-23(22)37-28(41)25-18-33-27-24(34-19-2-3-19)16-26(38-40(25)27)35-20-4-6-21(7-5-20)36-29(42)32-9-1-11-39-12-14-43-15-13-39/h8,10,16-21,34H,1-7,9,11-15H2,(H,35,38)(H,31,37,41)(H2,32,36,42). The molecule has 13 nitrogen and oxygen atoms in total. The second kappa shape index (κ2) is 13.5. The molecule has 2 aliphatic carbocycles. The first kappa shape index (κ1) is 29.1. The number of carbonyl (C=O) groups is 2. The summed E-state index contributed by atoms with van der Waals surface area (Å²) in [6.07, 6.45) is 10.4. The third-order valence-electron chi connectivity index (χ3n) is 8.11. The molecule has 1 aliphatic heterocycles. The lowest BCUT2D eigenvalue weighted by molar-refractivity contribution is 0.0375. The Bertz CT molecular complexity index is 1420. The molecule has 3 aromatic heterocycles. The summed E-state index contributed by atoms with van der Waals surface area (Å²) in [6, 6.07) is 3.88. The molecule has 3 fully saturated rings. The number of ether oxygens (including phenoxy) is 1. The Labute approximate surface area is 249 Å². The van der Waals surface area contributed by atoms with Gasteiger partial charge in [-0.1, -0.05) is 0 Å². The molecule has 0 atom stereocenters. The number of urea groups is 1. The van der Waals surface area contributed by atoms with Crippen LogP contribution in [-0.4, -0.2) is 93.9 Å². The minimum absolute atomic E-state index is 0.0348. The first-order valence-corrected chi connectivity index (χ1v) is 15.2. The minimum atomic E-state index is -0.623. The van der Waals surface area contributed by atoms with Crippen LogP contribution in [0.2, 0.25) is 0 Å². The van der Waals surface area contributed by atoms with Crippen molar-refractivity contribution in [3.8, 4) is 0 Å². The highest BCUT2D eigenvalue weighted by atomic mass is 19.1. The molecule has 43 heavy (non-hydrogen) atoms.